The quantitative estimate of drug-likeness (QED) is 0.705. The van der Waals surface area contributed by atoms with Crippen molar-refractivity contribution in [2.45, 2.75) is 17.4 Å². The first-order chi connectivity index (χ1) is 12.8. The van der Waals surface area contributed by atoms with Crippen LogP contribution in [-0.4, -0.2) is 6.04 Å². The zero-order chi connectivity index (χ0) is 17.6. The molecule has 0 aromatic heterocycles. The molecule has 0 bridgehead atoms. The van der Waals surface area contributed by atoms with Crippen LogP contribution in [0.2, 0.25) is 0 Å². The minimum atomic E-state index is -0.286. The lowest BCUT2D eigenvalue weighted by Gasteiger charge is -2.36. The number of hydrogen-bond acceptors (Lipinski definition) is 1. The lowest BCUT2D eigenvalue weighted by Crippen LogP contribution is -2.34. The minimum absolute atomic E-state index is 0.00505. The van der Waals surface area contributed by atoms with Crippen LogP contribution in [0.4, 0.5) is 0 Å². The van der Waals surface area contributed by atoms with Crippen molar-refractivity contribution in [1.82, 2.24) is 0 Å². The van der Waals surface area contributed by atoms with E-state index in [0.29, 0.717) is 0 Å². The van der Waals surface area contributed by atoms with E-state index in [1.54, 1.807) is 0 Å². The first kappa shape index (κ1) is 15.4. The van der Waals surface area contributed by atoms with Crippen molar-refractivity contribution in [3.05, 3.63) is 131 Å². The Hall–Kier alpha value is -2.90. The first-order valence-corrected chi connectivity index (χ1v) is 9.18. The normalized spacial score (nSPS) is 22.4. The molecule has 0 heterocycles. The summed E-state index contributed by atoms with van der Waals surface area (Å²) in [5.41, 5.74) is 13.0. The summed E-state index contributed by atoms with van der Waals surface area (Å²) in [4.78, 5) is 0. The summed E-state index contributed by atoms with van der Waals surface area (Å²) in [6.45, 7) is 0. The van der Waals surface area contributed by atoms with E-state index in [9.17, 15) is 0 Å². The largest absolute Gasteiger partial charge is 0.324 e. The molecule has 2 atom stereocenters. The molecule has 0 saturated carbocycles. The van der Waals surface area contributed by atoms with Crippen LogP contribution in [0, 0.1) is 0 Å². The third kappa shape index (κ3) is 1.95. The van der Waals surface area contributed by atoms with Gasteiger partial charge >= 0.3 is 0 Å². The zero-order valence-corrected chi connectivity index (χ0v) is 14.5. The van der Waals surface area contributed by atoms with E-state index < -0.39 is 0 Å². The van der Waals surface area contributed by atoms with E-state index in [1.165, 1.54) is 27.8 Å². The van der Waals surface area contributed by atoms with Crippen LogP contribution in [0.25, 0.3) is 0 Å². The van der Waals surface area contributed by atoms with Gasteiger partial charge in [0, 0.05) is 12.0 Å². The second-order valence-corrected chi connectivity index (χ2v) is 7.13. The van der Waals surface area contributed by atoms with Gasteiger partial charge in [0.25, 0.3) is 0 Å². The van der Waals surface area contributed by atoms with Crippen molar-refractivity contribution in [2.24, 2.45) is 5.73 Å². The summed E-state index contributed by atoms with van der Waals surface area (Å²) in [6.07, 6.45) is 6.54. The molecular weight excluding hydrogens is 314 g/mol. The summed E-state index contributed by atoms with van der Waals surface area (Å²) < 4.78 is 0. The van der Waals surface area contributed by atoms with E-state index in [4.69, 9.17) is 5.73 Å². The molecule has 26 heavy (non-hydrogen) atoms. The lowest BCUT2D eigenvalue weighted by molar-refractivity contribution is 0.638. The second kappa shape index (κ2) is 5.82. The molecule has 0 saturated heterocycles. The van der Waals surface area contributed by atoms with Crippen molar-refractivity contribution >= 4 is 0 Å². The molecule has 2 unspecified atom stereocenters. The molecular formula is C25H21N. The summed E-state index contributed by atoms with van der Waals surface area (Å²) in [6, 6.07) is 30.5. The maximum Gasteiger partial charge on any atom is 0.0674 e. The summed E-state index contributed by atoms with van der Waals surface area (Å²) >= 11 is 0. The van der Waals surface area contributed by atoms with Crippen molar-refractivity contribution < 1.29 is 0 Å². The van der Waals surface area contributed by atoms with Crippen LogP contribution in [0.15, 0.2) is 109 Å². The number of nitrogens with two attached hydrogens (primary N) is 1. The molecule has 0 fully saturated rings. The van der Waals surface area contributed by atoms with Gasteiger partial charge in [-0.05, 0) is 27.8 Å². The fourth-order valence-electron chi connectivity index (χ4n) is 4.90. The Kier molecular flexibility index (Phi) is 3.44. The minimum Gasteiger partial charge on any atom is -0.324 e. The Balaban J connectivity index is 1.93. The lowest BCUT2D eigenvalue weighted by atomic mass is 9.66. The fraction of sp³-hybridized carbons (Fsp3) is 0.120. The Labute approximate surface area is 154 Å². The smallest absolute Gasteiger partial charge is 0.0674 e. The molecule has 1 nitrogen and oxygen atoms in total. The third-order valence-electron chi connectivity index (χ3n) is 5.88. The van der Waals surface area contributed by atoms with Crippen LogP contribution in [0.3, 0.4) is 0 Å². The van der Waals surface area contributed by atoms with Gasteiger partial charge in [0.15, 0.2) is 0 Å². The number of benzene rings is 3. The first-order valence-electron chi connectivity index (χ1n) is 9.18. The van der Waals surface area contributed by atoms with Gasteiger partial charge in [-0.15, -0.1) is 0 Å². The maximum absolute atomic E-state index is 6.58. The summed E-state index contributed by atoms with van der Waals surface area (Å²) in [5.74, 6) is 0.219. The van der Waals surface area contributed by atoms with Gasteiger partial charge in [-0.1, -0.05) is 103 Å². The molecule has 2 aliphatic carbocycles. The maximum atomic E-state index is 6.58. The Morgan fingerprint density at radius 2 is 1.27 bits per heavy atom. The SMILES string of the molecule is NC1C=CC=C2C1c1ccccc1C2(c1ccccc1)c1ccccc1. The number of fused-ring (bicyclic) bond motifs is 3. The molecule has 3 aromatic carbocycles. The molecule has 5 rings (SSSR count). The van der Waals surface area contributed by atoms with Gasteiger partial charge in [0.1, 0.15) is 0 Å². The van der Waals surface area contributed by atoms with E-state index >= 15 is 0 Å². The van der Waals surface area contributed by atoms with Gasteiger partial charge in [0.2, 0.25) is 0 Å². The molecule has 0 aliphatic heterocycles. The number of hydrogen-bond donors (Lipinski definition) is 1. The second-order valence-electron chi connectivity index (χ2n) is 7.13. The Bertz CT molecular complexity index is 959. The molecule has 0 amide bonds. The van der Waals surface area contributed by atoms with Crippen molar-refractivity contribution in [1.29, 1.82) is 0 Å². The van der Waals surface area contributed by atoms with E-state index in [-0.39, 0.29) is 17.4 Å². The summed E-state index contributed by atoms with van der Waals surface area (Å²) in [5, 5.41) is 0. The van der Waals surface area contributed by atoms with Gasteiger partial charge < -0.3 is 5.73 Å². The Morgan fingerprint density at radius 3 is 1.92 bits per heavy atom. The molecule has 2 N–H and O–H groups in total. The van der Waals surface area contributed by atoms with Crippen molar-refractivity contribution in [3.63, 3.8) is 0 Å². The standard InChI is InChI=1S/C25H21N/c26-23-17-9-16-22-24(23)20-14-7-8-15-21(20)25(22,18-10-3-1-4-11-18)19-12-5-2-6-13-19/h1-17,23-24H,26H2. The highest BCUT2D eigenvalue weighted by molar-refractivity contribution is 5.70. The van der Waals surface area contributed by atoms with Gasteiger partial charge in [-0.3, -0.25) is 0 Å². The topological polar surface area (TPSA) is 26.0 Å². The van der Waals surface area contributed by atoms with Crippen LogP contribution >= 0.6 is 0 Å². The fourth-order valence-corrected chi connectivity index (χ4v) is 4.90. The van der Waals surface area contributed by atoms with Gasteiger partial charge in [-0.2, -0.15) is 0 Å². The van der Waals surface area contributed by atoms with Crippen LogP contribution in [0.5, 0.6) is 0 Å². The zero-order valence-electron chi connectivity index (χ0n) is 14.5. The predicted octanol–water partition coefficient (Wildman–Crippen LogP) is 4.94. The van der Waals surface area contributed by atoms with Crippen LogP contribution in [0.1, 0.15) is 28.2 Å². The van der Waals surface area contributed by atoms with Gasteiger partial charge in [-0.25, -0.2) is 0 Å². The van der Waals surface area contributed by atoms with Crippen LogP contribution < -0.4 is 5.73 Å². The molecule has 3 aromatic rings. The van der Waals surface area contributed by atoms with E-state index in [0.717, 1.165) is 0 Å². The number of allylic oxidation sites excluding steroid dienone is 2. The average molecular weight is 335 g/mol. The Morgan fingerprint density at radius 1 is 0.692 bits per heavy atom. The van der Waals surface area contributed by atoms with Crippen molar-refractivity contribution in [3.8, 4) is 0 Å². The molecule has 1 heteroatoms. The summed E-state index contributed by atoms with van der Waals surface area (Å²) in [7, 11) is 0. The molecule has 0 radical (unpaired) electrons. The predicted molar refractivity (Wildman–Crippen MR) is 107 cm³/mol. The van der Waals surface area contributed by atoms with E-state index in [2.05, 4.69) is 103 Å². The number of rotatable bonds is 2. The molecule has 126 valence electrons. The highest BCUT2D eigenvalue weighted by Crippen LogP contribution is 2.58. The molecule has 0 spiro atoms. The highest BCUT2D eigenvalue weighted by atomic mass is 14.7. The van der Waals surface area contributed by atoms with Crippen LogP contribution in [-0.2, 0) is 5.41 Å². The third-order valence-corrected chi connectivity index (χ3v) is 5.88. The van der Waals surface area contributed by atoms with Gasteiger partial charge in [0.05, 0.1) is 5.41 Å². The average Bonchev–Trinajstić information content (AvgIpc) is 3.02. The molecule has 2 aliphatic rings. The highest BCUT2D eigenvalue weighted by Gasteiger charge is 2.51. The van der Waals surface area contributed by atoms with E-state index in [1.807, 2.05) is 0 Å². The van der Waals surface area contributed by atoms with Crippen molar-refractivity contribution in [2.75, 3.05) is 0 Å². The monoisotopic (exact) mass is 335 g/mol.